The largest absolute Gasteiger partial charge is 0.465 e. The van der Waals surface area contributed by atoms with E-state index in [1.165, 1.54) is 12.3 Å². The van der Waals surface area contributed by atoms with Crippen LogP contribution < -0.4 is 10.6 Å². The SMILES string of the molecule is CC(C)OC(=O)CC(NC(=O)CCNC(=O)/C=C/c1ccco1)c1ccccc1. The van der Waals surface area contributed by atoms with Crippen molar-refractivity contribution < 1.29 is 23.5 Å². The number of hydrogen-bond acceptors (Lipinski definition) is 5. The van der Waals surface area contributed by atoms with Crippen LogP contribution in [-0.2, 0) is 19.1 Å². The van der Waals surface area contributed by atoms with Crippen LogP contribution >= 0.6 is 0 Å². The third-order valence-electron chi connectivity index (χ3n) is 3.87. The van der Waals surface area contributed by atoms with Crippen molar-refractivity contribution in [2.75, 3.05) is 6.54 Å². The van der Waals surface area contributed by atoms with Gasteiger partial charge in [0.15, 0.2) is 0 Å². The summed E-state index contributed by atoms with van der Waals surface area (Å²) < 4.78 is 10.3. The fourth-order valence-corrected chi connectivity index (χ4v) is 2.58. The zero-order chi connectivity index (χ0) is 21.1. The molecule has 0 saturated carbocycles. The van der Waals surface area contributed by atoms with E-state index in [4.69, 9.17) is 9.15 Å². The lowest BCUT2D eigenvalue weighted by Crippen LogP contribution is -2.34. The first-order chi connectivity index (χ1) is 13.9. The number of nitrogens with one attached hydrogen (secondary N) is 2. The Balaban J connectivity index is 1.83. The number of furan rings is 1. The van der Waals surface area contributed by atoms with Crippen molar-refractivity contribution in [2.45, 2.75) is 38.8 Å². The Morgan fingerprint density at radius 3 is 2.52 bits per heavy atom. The third-order valence-corrected chi connectivity index (χ3v) is 3.87. The zero-order valence-electron chi connectivity index (χ0n) is 16.6. The van der Waals surface area contributed by atoms with Crippen LogP contribution in [0.15, 0.2) is 59.2 Å². The second-order valence-corrected chi connectivity index (χ2v) is 6.66. The zero-order valence-corrected chi connectivity index (χ0v) is 16.6. The highest BCUT2D eigenvalue weighted by molar-refractivity contribution is 5.91. The Kier molecular flexibility index (Phi) is 8.69. The highest BCUT2D eigenvalue weighted by atomic mass is 16.5. The molecule has 1 aromatic carbocycles. The Bertz CT molecular complexity index is 813. The minimum atomic E-state index is -0.496. The standard InChI is InChI=1S/C22H26N2O5/c1-16(2)29-22(27)15-19(17-7-4-3-5-8-17)24-21(26)12-13-23-20(25)11-10-18-9-6-14-28-18/h3-11,14,16,19H,12-13,15H2,1-2H3,(H,23,25)(H,24,26)/b11-10+. The van der Waals surface area contributed by atoms with Crippen LogP contribution in [0.2, 0.25) is 0 Å². The first-order valence-electron chi connectivity index (χ1n) is 9.47. The molecule has 1 unspecified atom stereocenters. The van der Waals surface area contributed by atoms with Crippen molar-refractivity contribution in [1.29, 1.82) is 0 Å². The van der Waals surface area contributed by atoms with Gasteiger partial charge in [-0.1, -0.05) is 30.3 Å². The molecule has 2 aromatic rings. The molecule has 0 aliphatic heterocycles. The third kappa shape index (κ3) is 8.47. The van der Waals surface area contributed by atoms with Crippen LogP contribution in [0.4, 0.5) is 0 Å². The first kappa shape index (κ1) is 21.9. The Morgan fingerprint density at radius 2 is 1.86 bits per heavy atom. The van der Waals surface area contributed by atoms with E-state index in [1.807, 2.05) is 30.3 Å². The average molecular weight is 398 g/mol. The Morgan fingerprint density at radius 1 is 1.10 bits per heavy atom. The van der Waals surface area contributed by atoms with Crippen LogP contribution in [0, 0.1) is 0 Å². The summed E-state index contributed by atoms with van der Waals surface area (Å²) in [6.45, 7) is 3.72. The van der Waals surface area contributed by atoms with Crippen LogP contribution in [0.1, 0.15) is 44.1 Å². The lowest BCUT2D eigenvalue weighted by Gasteiger charge is -2.19. The number of ether oxygens (including phenoxy) is 1. The van der Waals surface area contributed by atoms with Crippen molar-refractivity contribution in [2.24, 2.45) is 0 Å². The molecule has 7 nitrogen and oxygen atoms in total. The van der Waals surface area contributed by atoms with Gasteiger partial charge in [-0.05, 0) is 37.6 Å². The molecule has 2 rings (SSSR count). The van der Waals surface area contributed by atoms with E-state index in [2.05, 4.69) is 10.6 Å². The maximum absolute atomic E-state index is 12.3. The van der Waals surface area contributed by atoms with Gasteiger partial charge in [0.1, 0.15) is 5.76 Å². The molecular formula is C22H26N2O5. The second kappa shape index (κ2) is 11.5. The number of benzene rings is 1. The number of amides is 2. The molecule has 2 amide bonds. The summed E-state index contributed by atoms with van der Waals surface area (Å²) in [5.74, 6) is -0.414. The summed E-state index contributed by atoms with van der Waals surface area (Å²) in [6.07, 6.45) is 4.29. The van der Waals surface area contributed by atoms with Crippen molar-refractivity contribution in [3.05, 3.63) is 66.1 Å². The highest BCUT2D eigenvalue weighted by Crippen LogP contribution is 2.18. The predicted molar refractivity (Wildman–Crippen MR) is 109 cm³/mol. The molecule has 0 aliphatic rings. The number of esters is 1. The minimum Gasteiger partial charge on any atom is -0.465 e. The molecule has 0 saturated heterocycles. The van der Waals surface area contributed by atoms with E-state index in [9.17, 15) is 14.4 Å². The maximum atomic E-state index is 12.3. The fourth-order valence-electron chi connectivity index (χ4n) is 2.58. The molecule has 0 radical (unpaired) electrons. The molecule has 0 fully saturated rings. The van der Waals surface area contributed by atoms with Crippen LogP contribution in [0.3, 0.4) is 0 Å². The van der Waals surface area contributed by atoms with Crippen molar-refractivity contribution in [3.63, 3.8) is 0 Å². The fraction of sp³-hybridized carbons (Fsp3) is 0.318. The van der Waals surface area contributed by atoms with Gasteiger partial charge in [-0.3, -0.25) is 14.4 Å². The summed E-state index contributed by atoms with van der Waals surface area (Å²) in [5, 5.41) is 5.48. The van der Waals surface area contributed by atoms with Gasteiger partial charge in [0.25, 0.3) is 0 Å². The normalized spacial score (nSPS) is 12.0. The number of hydrogen-bond donors (Lipinski definition) is 2. The summed E-state index contributed by atoms with van der Waals surface area (Å²) in [5.41, 5.74) is 0.812. The minimum absolute atomic E-state index is 0.0339. The van der Waals surface area contributed by atoms with E-state index < -0.39 is 6.04 Å². The lowest BCUT2D eigenvalue weighted by molar-refractivity contribution is -0.148. The molecular weight excluding hydrogens is 372 g/mol. The van der Waals surface area contributed by atoms with Gasteiger partial charge in [0, 0.05) is 19.0 Å². The summed E-state index contributed by atoms with van der Waals surface area (Å²) in [4.78, 5) is 36.1. The summed E-state index contributed by atoms with van der Waals surface area (Å²) in [6, 6.07) is 12.2. The molecule has 1 heterocycles. The molecule has 1 aromatic heterocycles. The summed E-state index contributed by atoms with van der Waals surface area (Å²) >= 11 is 0. The van der Waals surface area contributed by atoms with E-state index in [1.54, 1.807) is 32.1 Å². The quantitative estimate of drug-likeness (QED) is 0.474. The number of carbonyl (C=O) groups excluding carboxylic acids is 3. The lowest BCUT2D eigenvalue weighted by atomic mass is 10.0. The summed E-state index contributed by atoms with van der Waals surface area (Å²) in [7, 11) is 0. The van der Waals surface area contributed by atoms with Crippen LogP contribution in [0.25, 0.3) is 6.08 Å². The molecule has 0 bridgehead atoms. The van der Waals surface area contributed by atoms with E-state index in [0.717, 1.165) is 5.56 Å². The smallest absolute Gasteiger partial charge is 0.308 e. The number of carbonyl (C=O) groups is 3. The highest BCUT2D eigenvalue weighted by Gasteiger charge is 2.19. The van der Waals surface area contributed by atoms with Gasteiger partial charge in [0.05, 0.1) is 24.8 Å². The Labute approximate surface area is 170 Å². The van der Waals surface area contributed by atoms with Gasteiger partial charge in [-0.2, -0.15) is 0 Å². The molecule has 0 aliphatic carbocycles. The van der Waals surface area contributed by atoms with Crippen molar-refractivity contribution >= 4 is 23.9 Å². The Hall–Kier alpha value is -3.35. The van der Waals surface area contributed by atoms with Gasteiger partial charge < -0.3 is 19.8 Å². The number of rotatable bonds is 10. The van der Waals surface area contributed by atoms with Gasteiger partial charge in [-0.25, -0.2) is 0 Å². The van der Waals surface area contributed by atoms with E-state index in [-0.39, 0.29) is 43.3 Å². The second-order valence-electron chi connectivity index (χ2n) is 6.66. The molecule has 2 N–H and O–H groups in total. The average Bonchev–Trinajstić information content (AvgIpc) is 3.19. The molecule has 1 atom stereocenters. The molecule has 154 valence electrons. The molecule has 7 heteroatoms. The predicted octanol–water partition coefficient (Wildman–Crippen LogP) is 3.00. The molecule has 29 heavy (non-hydrogen) atoms. The maximum Gasteiger partial charge on any atom is 0.308 e. The van der Waals surface area contributed by atoms with Crippen LogP contribution in [0.5, 0.6) is 0 Å². The van der Waals surface area contributed by atoms with Gasteiger partial charge in [-0.15, -0.1) is 0 Å². The van der Waals surface area contributed by atoms with E-state index in [0.29, 0.717) is 5.76 Å². The van der Waals surface area contributed by atoms with Crippen molar-refractivity contribution in [3.8, 4) is 0 Å². The van der Waals surface area contributed by atoms with Crippen LogP contribution in [-0.4, -0.2) is 30.4 Å². The van der Waals surface area contributed by atoms with Gasteiger partial charge >= 0.3 is 5.97 Å². The van der Waals surface area contributed by atoms with Crippen molar-refractivity contribution in [1.82, 2.24) is 10.6 Å². The topological polar surface area (TPSA) is 97.6 Å². The molecule has 0 spiro atoms. The first-order valence-corrected chi connectivity index (χ1v) is 9.47. The van der Waals surface area contributed by atoms with E-state index >= 15 is 0 Å². The van der Waals surface area contributed by atoms with Gasteiger partial charge in [0.2, 0.25) is 11.8 Å². The monoisotopic (exact) mass is 398 g/mol.